The fourth-order valence-corrected chi connectivity index (χ4v) is 0.822. The average Bonchev–Trinajstić information content (AvgIpc) is 2.03. The Kier molecular flexibility index (Phi) is 5.50. The molecule has 0 radical (unpaired) electrons. The van der Waals surface area contributed by atoms with E-state index >= 15 is 0 Å². The Bertz CT molecular complexity index is 173. The van der Waals surface area contributed by atoms with Gasteiger partial charge in [-0.2, -0.15) is 0 Å². The van der Waals surface area contributed by atoms with E-state index in [1.807, 2.05) is 0 Å². The Labute approximate surface area is 68.8 Å². The number of carbonyl (C=O) groups excluding carboxylic acids is 1. The minimum absolute atomic E-state index is 0.188. The van der Waals surface area contributed by atoms with E-state index in [1.54, 1.807) is 6.92 Å². The van der Waals surface area contributed by atoms with E-state index < -0.39 is 0 Å². The number of unbranched alkanes of at least 4 members (excludes halogenated alkanes) is 2. The van der Waals surface area contributed by atoms with Crippen LogP contribution in [0.2, 0.25) is 0 Å². The molecule has 11 heavy (non-hydrogen) atoms. The van der Waals surface area contributed by atoms with Gasteiger partial charge in [0, 0.05) is 12.0 Å². The SMILES string of the molecule is C=C=C(C)C(=O)CCCCC. The molecule has 1 nitrogen and oxygen atoms in total. The number of ketones is 1. The molecule has 0 aromatic rings. The number of rotatable bonds is 5. The minimum Gasteiger partial charge on any atom is -0.294 e. The summed E-state index contributed by atoms with van der Waals surface area (Å²) in [7, 11) is 0. The van der Waals surface area contributed by atoms with Crippen molar-refractivity contribution in [1.29, 1.82) is 0 Å². The molecular weight excluding hydrogens is 136 g/mol. The first-order valence-corrected chi connectivity index (χ1v) is 4.12. The summed E-state index contributed by atoms with van der Waals surface area (Å²) in [6.07, 6.45) is 3.94. The Hall–Kier alpha value is -0.810. The molecule has 0 saturated heterocycles. The molecule has 1 heteroatoms. The summed E-state index contributed by atoms with van der Waals surface area (Å²) < 4.78 is 0. The highest BCUT2D eigenvalue weighted by Gasteiger charge is 2.01. The van der Waals surface area contributed by atoms with E-state index in [0.29, 0.717) is 12.0 Å². The molecule has 0 aliphatic heterocycles. The van der Waals surface area contributed by atoms with Crippen LogP contribution in [0.25, 0.3) is 0 Å². The molecule has 0 atom stereocenters. The van der Waals surface area contributed by atoms with E-state index in [2.05, 4.69) is 19.2 Å². The van der Waals surface area contributed by atoms with Gasteiger partial charge in [0.1, 0.15) is 0 Å². The van der Waals surface area contributed by atoms with Gasteiger partial charge < -0.3 is 0 Å². The van der Waals surface area contributed by atoms with Gasteiger partial charge in [-0.25, -0.2) is 0 Å². The summed E-state index contributed by atoms with van der Waals surface area (Å²) in [5.41, 5.74) is 3.28. The maximum atomic E-state index is 11.1. The Morgan fingerprint density at radius 1 is 1.45 bits per heavy atom. The zero-order valence-corrected chi connectivity index (χ0v) is 7.44. The van der Waals surface area contributed by atoms with Gasteiger partial charge in [0.2, 0.25) is 0 Å². The number of allylic oxidation sites excluding steroid dienone is 1. The van der Waals surface area contributed by atoms with E-state index in [9.17, 15) is 4.79 Å². The molecule has 62 valence electrons. The Morgan fingerprint density at radius 3 is 2.55 bits per heavy atom. The van der Waals surface area contributed by atoms with Gasteiger partial charge in [-0.1, -0.05) is 26.3 Å². The quantitative estimate of drug-likeness (QED) is 0.336. The first kappa shape index (κ1) is 10.2. The average molecular weight is 152 g/mol. The summed E-state index contributed by atoms with van der Waals surface area (Å²) in [4.78, 5) is 11.1. The molecule has 0 N–H and O–H groups in total. The standard InChI is InChI=1S/C10H16O/c1-4-6-7-8-10(11)9(3)5-2/h2,4,6-8H2,1,3H3. The molecule has 0 aliphatic rings. The van der Waals surface area contributed by atoms with Crippen LogP contribution in [0.4, 0.5) is 0 Å². The predicted molar refractivity (Wildman–Crippen MR) is 47.5 cm³/mol. The van der Waals surface area contributed by atoms with Crippen LogP contribution in [0.5, 0.6) is 0 Å². The molecule has 0 heterocycles. The van der Waals surface area contributed by atoms with E-state index in [-0.39, 0.29) is 5.78 Å². The highest BCUT2D eigenvalue weighted by molar-refractivity contribution is 5.94. The van der Waals surface area contributed by atoms with Gasteiger partial charge >= 0.3 is 0 Å². The summed E-state index contributed by atoms with van der Waals surface area (Å²) in [6.45, 7) is 7.32. The van der Waals surface area contributed by atoms with Crippen LogP contribution in [-0.2, 0) is 4.79 Å². The van der Waals surface area contributed by atoms with Crippen molar-refractivity contribution in [3.63, 3.8) is 0 Å². The van der Waals surface area contributed by atoms with Crippen LogP contribution in [0.15, 0.2) is 17.9 Å². The van der Waals surface area contributed by atoms with Gasteiger partial charge in [0.25, 0.3) is 0 Å². The van der Waals surface area contributed by atoms with Crippen LogP contribution >= 0.6 is 0 Å². The van der Waals surface area contributed by atoms with Crippen LogP contribution in [0.1, 0.15) is 39.5 Å². The zero-order chi connectivity index (χ0) is 8.69. The Balaban J connectivity index is 3.62. The molecule has 0 rings (SSSR count). The highest BCUT2D eigenvalue weighted by Crippen LogP contribution is 2.04. The number of Topliss-reactive ketones (excluding diaryl/α,β-unsaturated/α-hetero) is 1. The topological polar surface area (TPSA) is 17.1 Å². The van der Waals surface area contributed by atoms with Crippen molar-refractivity contribution in [2.24, 2.45) is 0 Å². The third-order valence-corrected chi connectivity index (χ3v) is 1.69. The van der Waals surface area contributed by atoms with Crippen molar-refractivity contribution in [2.75, 3.05) is 0 Å². The van der Waals surface area contributed by atoms with Gasteiger partial charge in [0.05, 0.1) is 0 Å². The van der Waals surface area contributed by atoms with Crippen molar-refractivity contribution in [3.05, 3.63) is 17.9 Å². The number of hydrogen-bond donors (Lipinski definition) is 0. The molecule has 0 bridgehead atoms. The fourth-order valence-electron chi connectivity index (χ4n) is 0.822. The summed E-state index contributed by atoms with van der Waals surface area (Å²) in [5.74, 6) is 0.188. The van der Waals surface area contributed by atoms with Crippen molar-refractivity contribution in [2.45, 2.75) is 39.5 Å². The maximum Gasteiger partial charge on any atom is 0.166 e. The second-order valence-corrected chi connectivity index (χ2v) is 2.68. The molecular formula is C10H16O. The van der Waals surface area contributed by atoms with Crippen LogP contribution in [0, 0.1) is 0 Å². The zero-order valence-electron chi connectivity index (χ0n) is 7.44. The molecule has 0 saturated carbocycles. The van der Waals surface area contributed by atoms with Crippen LogP contribution < -0.4 is 0 Å². The van der Waals surface area contributed by atoms with E-state index in [0.717, 1.165) is 19.3 Å². The van der Waals surface area contributed by atoms with Gasteiger partial charge in [0.15, 0.2) is 5.78 Å². The van der Waals surface area contributed by atoms with Crippen molar-refractivity contribution in [1.82, 2.24) is 0 Å². The largest absolute Gasteiger partial charge is 0.294 e. The minimum atomic E-state index is 0.188. The molecule has 0 aromatic heterocycles. The molecule has 0 aromatic carbocycles. The van der Waals surface area contributed by atoms with Gasteiger partial charge in [-0.3, -0.25) is 4.79 Å². The van der Waals surface area contributed by atoms with E-state index in [1.165, 1.54) is 0 Å². The van der Waals surface area contributed by atoms with Crippen molar-refractivity contribution >= 4 is 5.78 Å². The number of carbonyl (C=O) groups is 1. The van der Waals surface area contributed by atoms with Gasteiger partial charge in [-0.15, -0.1) is 5.73 Å². The monoisotopic (exact) mass is 152 g/mol. The van der Waals surface area contributed by atoms with E-state index in [4.69, 9.17) is 0 Å². The highest BCUT2D eigenvalue weighted by atomic mass is 16.1. The normalized spacial score (nSPS) is 8.91. The second kappa shape index (κ2) is 5.94. The Morgan fingerprint density at radius 2 is 2.09 bits per heavy atom. The van der Waals surface area contributed by atoms with Gasteiger partial charge in [-0.05, 0) is 13.3 Å². The van der Waals surface area contributed by atoms with Crippen molar-refractivity contribution < 1.29 is 4.79 Å². The second-order valence-electron chi connectivity index (χ2n) is 2.68. The summed E-state index contributed by atoms with van der Waals surface area (Å²) >= 11 is 0. The third-order valence-electron chi connectivity index (χ3n) is 1.69. The molecule has 0 unspecified atom stereocenters. The molecule has 0 fully saturated rings. The first-order valence-electron chi connectivity index (χ1n) is 4.12. The maximum absolute atomic E-state index is 11.1. The lowest BCUT2D eigenvalue weighted by molar-refractivity contribution is -0.115. The fraction of sp³-hybridized carbons (Fsp3) is 0.600. The lowest BCUT2D eigenvalue weighted by Gasteiger charge is -1.96. The number of hydrogen-bond acceptors (Lipinski definition) is 1. The molecule has 0 spiro atoms. The predicted octanol–water partition coefficient (Wildman–Crippen LogP) is 2.87. The van der Waals surface area contributed by atoms with Crippen LogP contribution in [0.3, 0.4) is 0 Å². The molecule has 0 amide bonds. The smallest absolute Gasteiger partial charge is 0.166 e. The van der Waals surface area contributed by atoms with Crippen molar-refractivity contribution in [3.8, 4) is 0 Å². The summed E-state index contributed by atoms with van der Waals surface area (Å²) in [5, 5.41) is 0. The first-order chi connectivity index (χ1) is 5.22. The lowest BCUT2D eigenvalue weighted by atomic mass is 10.1. The third kappa shape index (κ3) is 4.58. The lowest BCUT2D eigenvalue weighted by Crippen LogP contribution is -1.97. The molecule has 0 aliphatic carbocycles. The van der Waals surface area contributed by atoms with Crippen LogP contribution in [-0.4, -0.2) is 5.78 Å². The summed E-state index contributed by atoms with van der Waals surface area (Å²) in [6, 6.07) is 0.